The molecule has 1 aromatic heterocycles. The van der Waals surface area contributed by atoms with E-state index in [9.17, 15) is 14.7 Å². The van der Waals surface area contributed by atoms with Gasteiger partial charge in [-0.1, -0.05) is 46.9 Å². The Bertz CT molecular complexity index is 1190. The minimum atomic E-state index is -1.31. The molecule has 0 aliphatic carbocycles. The molecule has 0 aliphatic rings. The molecular weight excluding hydrogens is 449 g/mol. The highest BCUT2D eigenvalue weighted by Crippen LogP contribution is 2.32. The number of ether oxygens (including phenoxy) is 1. The summed E-state index contributed by atoms with van der Waals surface area (Å²) < 4.78 is 6.96. The lowest BCUT2D eigenvalue weighted by molar-refractivity contribution is 0.0695. The number of rotatable bonds is 6. The molecule has 0 atom stereocenters. The third-order valence-electron chi connectivity index (χ3n) is 4.75. The normalized spacial score (nSPS) is 10.8. The van der Waals surface area contributed by atoms with Crippen molar-refractivity contribution in [2.75, 3.05) is 7.11 Å². The SMILES string of the molecule is CCn1c(Cc2ccc(OC)cc2Cl)cc(=O)c(C(=O)O)c1-c1ccc(Cl)c(Cl)c1. The topological polar surface area (TPSA) is 68.5 Å². The van der Waals surface area contributed by atoms with Crippen LogP contribution in [0, 0.1) is 0 Å². The molecule has 3 aromatic rings. The number of carboxylic acids is 1. The van der Waals surface area contributed by atoms with Gasteiger partial charge in [0.2, 0.25) is 0 Å². The number of pyridine rings is 1. The van der Waals surface area contributed by atoms with Crippen LogP contribution in [0.15, 0.2) is 47.3 Å². The van der Waals surface area contributed by atoms with Crippen molar-refractivity contribution in [1.82, 2.24) is 4.57 Å². The maximum absolute atomic E-state index is 12.8. The van der Waals surface area contributed by atoms with E-state index in [0.717, 1.165) is 5.56 Å². The summed E-state index contributed by atoms with van der Waals surface area (Å²) in [4.78, 5) is 24.7. The maximum Gasteiger partial charge on any atom is 0.341 e. The number of aromatic carboxylic acids is 1. The fraction of sp³-hybridized carbons (Fsp3) is 0.182. The second-order valence-corrected chi connectivity index (χ2v) is 7.76. The van der Waals surface area contributed by atoms with E-state index in [2.05, 4.69) is 0 Å². The molecule has 2 aromatic carbocycles. The lowest BCUT2D eigenvalue weighted by Gasteiger charge is -2.20. The van der Waals surface area contributed by atoms with E-state index in [0.29, 0.717) is 40.0 Å². The van der Waals surface area contributed by atoms with Crippen LogP contribution in [-0.2, 0) is 13.0 Å². The van der Waals surface area contributed by atoms with Crippen molar-refractivity contribution in [2.24, 2.45) is 0 Å². The zero-order valence-electron chi connectivity index (χ0n) is 16.2. The van der Waals surface area contributed by atoms with Crippen LogP contribution in [0.25, 0.3) is 11.3 Å². The van der Waals surface area contributed by atoms with Gasteiger partial charge in [0.05, 0.1) is 22.8 Å². The number of nitrogens with zero attached hydrogens (tertiary/aromatic N) is 1. The standard InChI is InChI=1S/C22H18Cl3NO4/c1-3-26-14(8-12-4-6-15(30-2)11-17(12)24)10-19(27)20(22(28)29)21(26)13-5-7-16(23)18(25)9-13/h4-7,9-11H,3,8H2,1-2H3,(H,28,29). The molecule has 5 nitrogen and oxygen atoms in total. The zero-order chi connectivity index (χ0) is 22.0. The summed E-state index contributed by atoms with van der Waals surface area (Å²) in [5.74, 6) is -0.688. The monoisotopic (exact) mass is 465 g/mol. The maximum atomic E-state index is 12.8. The van der Waals surface area contributed by atoms with Gasteiger partial charge in [-0.2, -0.15) is 0 Å². The number of hydrogen-bond acceptors (Lipinski definition) is 3. The molecule has 0 bridgehead atoms. The van der Waals surface area contributed by atoms with Crippen molar-refractivity contribution in [3.8, 4) is 17.0 Å². The number of aromatic nitrogens is 1. The Balaban J connectivity index is 2.25. The Labute approximate surface area is 188 Å². The van der Waals surface area contributed by atoms with E-state index in [1.807, 2.05) is 13.0 Å². The van der Waals surface area contributed by atoms with Gasteiger partial charge in [0.15, 0.2) is 5.43 Å². The summed E-state index contributed by atoms with van der Waals surface area (Å²) in [6.45, 7) is 2.30. The second kappa shape index (κ2) is 9.13. The van der Waals surface area contributed by atoms with E-state index < -0.39 is 11.4 Å². The zero-order valence-corrected chi connectivity index (χ0v) is 18.5. The van der Waals surface area contributed by atoms with Crippen molar-refractivity contribution in [2.45, 2.75) is 19.9 Å². The summed E-state index contributed by atoms with van der Waals surface area (Å²) in [7, 11) is 1.55. The van der Waals surface area contributed by atoms with E-state index in [4.69, 9.17) is 39.5 Å². The Morgan fingerprint density at radius 2 is 1.77 bits per heavy atom. The molecular formula is C22H18Cl3NO4. The highest BCUT2D eigenvalue weighted by molar-refractivity contribution is 6.42. The van der Waals surface area contributed by atoms with Crippen molar-refractivity contribution >= 4 is 40.8 Å². The Morgan fingerprint density at radius 3 is 2.33 bits per heavy atom. The minimum Gasteiger partial charge on any atom is -0.497 e. The molecule has 0 amide bonds. The number of carboxylic acid groups (broad SMARTS) is 1. The van der Waals surface area contributed by atoms with E-state index in [-0.39, 0.29) is 16.3 Å². The molecule has 156 valence electrons. The third kappa shape index (κ3) is 4.33. The smallest absolute Gasteiger partial charge is 0.341 e. The second-order valence-electron chi connectivity index (χ2n) is 6.54. The average molecular weight is 467 g/mol. The van der Waals surface area contributed by atoms with Crippen molar-refractivity contribution in [3.05, 3.63) is 84.6 Å². The van der Waals surface area contributed by atoms with Crippen LogP contribution in [0.3, 0.4) is 0 Å². The van der Waals surface area contributed by atoms with Crippen LogP contribution >= 0.6 is 34.8 Å². The number of methoxy groups -OCH3 is 1. The van der Waals surface area contributed by atoms with Crippen LogP contribution in [0.2, 0.25) is 15.1 Å². The highest BCUT2D eigenvalue weighted by atomic mass is 35.5. The molecule has 0 saturated carbocycles. The first-order valence-electron chi connectivity index (χ1n) is 9.04. The van der Waals surface area contributed by atoms with Crippen LogP contribution in [0.1, 0.15) is 28.5 Å². The number of halogens is 3. The van der Waals surface area contributed by atoms with Gasteiger partial charge in [-0.3, -0.25) is 4.79 Å². The van der Waals surface area contributed by atoms with E-state index >= 15 is 0 Å². The Hall–Kier alpha value is -2.47. The predicted molar refractivity (Wildman–Crippen MR) is 120 cm³/mol. The van der Waals surface area contributed by atoms with E-state index in [1.165, 1.54) is 6.07 Å². The predicted octanol–water partition coefficient (Wildman–Crippen LogP) is 5.79. The Morgan fingerprint density at radius 1 is 1.03 bits per heavy atom. The lowest BCUT2D eigenvalue weighted by Crippen LogP contribution is -2.23. The van der Waals surface area contributed by atoms with Gasteiger partial charge in [0.1, 0.15) is 11.3 Å². The van der Waals surface area contributed by atoms with Crippen LogP contribution in [0.4, 0.5) is 0 Å². The fourth-order valence-electron chi connectivity index (χ4n) is 3.35. The van der Waals surface area contributed by atoms with Gasteiger partial charge in [0.25, 0.3) is 0 Å². The Kier molecular flexibility index (Phi) is 6.76. The molecule has 1 heterocycles. The van der Waals surface area contributed by atoms with Crippen molar-refractivity contribution in [3.63, 3.8) is 0 Å². The van der Waals surface area contributed by atoms with E-state index in [1.54, 1.807) is 42.0 Å². The number of carbonyl (C=O) groups is 1. The molecule has 0 unspecified atom stereocenters. The largest absolute Gasteiger partial charge is 0.497 e. The van der Waals surface area contributed by atoms with Gasteiger partial charge in [-0.15, -0.1) is 0 Å². The molecule has 3 rings (SSSR count). The van der Waals surface area contributed by atoms with Gasteiger partial charge in [0, 0.05) is 35.3 Å². The molecule has 8 heteroatoms. The van der Waals surface area contributed by atoms with Gasteiger partial charge >= 0.3 is 5.97 Å². The number of benzene rings is 2. The molecule has 0 radical (unpaired) electrons. The highest BCUT2D eigenvalue weighted by Gasteiger charge is 2.22. The minimum absolute atomic E-state index is 0.268. The summed E-state index contributed by atoms with van der Waals surface area (Å²) in [6, 6.07) is 11.4. The summed E-state index contributed by atoms with van der Waals surface area (Å²) in [6.07, 6.45) is 0.333. The first kappa shape index (κ1) is 22.2. The first-order valence-corrected chi connectivity index (χ1v) is 10.2. The van der Waals surface area contributed by atoms with Gasteiger partial charge in [-0.05, 0) is 36.8 Å². The molecule has 0 saturated heterocycles. The van der Waals surface area contributed by atoms with Crippen molar-refractivity contribution < 1.29 is 14.6 Å². The van der Waals surface area contributed by atoms with Gasteiger partial charge in [-0.25, -0.2) is 4.79 Å². The van der Waals surface area contributed by atoms with Crippen molar-refractivity contribution in [1.29, 1.82) is 0 Å². The van der Waals surface area contributed by atoms with Crippen LogP contribution < -0.4 is 10.2 Å². The first-order chi connectivity index (χ1) is 14.3. The summed E-state index contributed by atoms with van der Waals surface area (Å²) in [5, 5.41) is 10.8. The van der Waals surface area contributed by atoms with Crippen LogP contribution in [-0.4, -0.2) is 22.8 Å². The van der Waals surface area contributed by atoms with Gasteiger partial charge < -0.3 is 14.4 Å². The van der Waals surface area contributed by atoms with Crippen LogP contribution in [0.5, 0.6) is 5.75 Å². The third-order valence-corrected chi connectivity index (χ3v) is 5.84. The molecule has 1 N–H and O–H groups in total. The lowest BCUT2D eigenvalue weighted by atomic mass is 10.0. The fourth-order valence-corrected chi connectivity index (χ4v) is 3.88. The number of hydrogen-bond donors (Lipinski definition) is 1. The molecule has 0 fully saturated rings. The summed E-state index contributed by atoms with van der Waals surface area (Å²) >= 11 is 18.5. The molecule has 30 heavy (non-hydrogen) atoms. The quantitative estimate of drug-likeness (QED) is 0.499. The molecule has 0 aliphatic heterocycles. The molecule has 0 spiro atoms. The summed E-state index contributed by atoms with van der Waals surface area (Å²) in [5.41, 5.74) is 1.26. The average Bonchev–Trinajstić information content (AvgIpc) is 2.70.